The van der Waals surface area contributed by atoms with Crippen LogP contribution in [0.15, 0.2) is 0 Å². The summed E-state index contributed by atoms with van der Waals surface area (Å²) >= 11 is 0. The molecule has 0 aliphatic rings. The molecule has 0 aliphatic heterocycles. The summed E-state index contributed by atoms with van der Waals surface area (Å²) < 4.78 is 28.1. The standard InChI is InChI=1S/C2H9O10P3/c3-1-2(13(4,5)6,14(7,8)9)15(10,11)12/h3H,1H2,(H2,4,5,6)(H2,7,8,9)(H2,10,11,12). The molecule has 0 rings (SSSR count). The van der Waals surface area contributed by atoms with Crippen molar-refractivity contribution < 1.29 is 48.2 Å². The van der Waals surface area contributed by atoms with Gasteiger partial charge in [0.25, 0.3) is 4.64 Å². The lowest BCUT2D eigenvalue weighted by Gasteiger charge is -2.32. The van der Waals surface area contributed by atoms with Crippen molar-refractivity contribution in [3.8, 4) is 0 Å². The monoisotopic (exact) mass is 286 g/mol. The molecule has 10 nitrogen and oxygen atoms in total. The van der Waals surface area contributed by atoms with Gasteiger partial charge in [-0.3, -0.25) is 13.7 Å². The van der Waals surface area contributed by atoms with Crippen LogP contribution >= 0.6 is 22.8 Å². The third kappa shape index (κ3) is 2.40. The zero-order valence-electron chi connectivity index (χ0n) is 6.90. The number of hydrogen-bond acceptors (Lipinski definition) is 4. The Balaban J connectivity index is 6.16. The van der Waals surface area contributed by atoms with Gasteiger partial charge in [0.2, 0.25) is 0 Å². The van der Waals surface area contributed by atoms with Crippen LogP contribution in [0.25, 0.3) is 0 Å². The van der Waals surface area contributed by atoms with E-state index >= 15 is 0 Å². The highest BCUT2D eigenvalue weighted by molar-refractivity contribution is 7.88. The number of aliphatic hydroxyl groups is 1. The van der Waals surface area contributed by atoms with E-state index in [4.69, 9.17) is 34.5 Å². The lowest BCUT2D eigenvalue weighted by molar-refractivity contribution is 0.231. The van der Waals surface area contributed by atoms with Gasteiger partial charge in [-0.2, -0.15) is 0 Å². The first-order valence-corrected chi connectivity index (χ1v) is 7.93. The molecule has 15 heavy (non-hydrogen) atoms. The highest BCUT2D eigenvalue weighted by Crippen LogP contribution is 2.82. The third-order valence-corrected chi connectivity index (χ3v) is 9.52. The Bertz CT molecular complexity index is 311. The van der Waals surface area contributed by atoms with Crippen LogP contribution in [-0.4, -0.2) is 45.7 Å². The summed E-state index contributed by atoms with van der Waals surface area (Å²) in [4.78, 5) is 51.4. The van der Waals surface area contributed by atoms with E-state index in [0.29, 0.717) is 0 Å². The molecule has 0 saturated heterocycles. The summed E-state index contributed by atoms with van der Waals surface area (Å²) in [6, 6.07) is 0. The molecule has 0 heterocycles. The van der Waals surface area contributed by atoms with E-state index in [-0.39, 0.29) is 0 Å². The molecule has 0 saturated carbocycles. The minimum absolute atomic E-state index is 2.05. The van der Waals surface area contributed by atoms with E-state index in [2.05, 4.69) is 0 Å². The molecule has 0 amide bonds. The molecule has 0 bridgehead atoms. The molecule has 0 aromatic heterocycles. The summed E-state index contributed by atoms with van der Waals surface area (Å²) in [6.45, 7) is -2.05. The lowest BCUT2D eigenvalue weighted by Crippen LogP contribution is -2.33. The first-order chi connectivity index (χ1) is 6.31. The van der Waals surface area contributed by atoms with Crippen molar-refractivity contribution >= 4 is 22.8 Å². The quantitative estimate of drug-likeness (QED) is 0.289. The largest absolute Gasteiger partial charge is 0.394 e. The summed E-state index contributed by atoms with van der Waals surface area (Å²) in [5, 5.41) is 8.51. The zero-order chi connectivity index (χ0) is 12.7. The van der Waals surface area contributed by atoms with Crippen LogP contribution < -0.4 is 0 Å². The van der Waals surface area contributed by atoms with Gasteiger partial charge in [-0.15, -0.1) is 0 Å². The van der Waals surface area contributed by atoms with Gasteiger partial charge in [-0.1, -0.05) is 0 Å². The Morgan fingerprint density at radius 1 is 0.733 bits per heavy atom. The van der Waals surface area contributed by atoms with Gasteiger partial charge in [0.15, 0.2) is 0 Å². The average Bonchev–Trinajstić information content (AvgIpc) is 1.76. The second kappa shape index (κ2) is 4.01. The van der Waals surface area contributed by atoms with Crippen molar-refractivity contribution in [2.24, 2.45) is 0 Å². The van der Waals surface area contributed by atoms with Crippen LogP contribution in [0.2, 0.25) is 0 Å². The van der Waals surface area contributed by atoms with Crippen molar-refractivity contribution in [1.29, 1.82) is 0 Å². The van der Waals surface area contributed by atoms with Gasteiger partial charge in [0, 0.05) is 0 Å². The fourth-order valence-corrected chi connectivity index (χ4v) is 5.41. The first kappa shape index (κ1) is 15.4. The highest BCUT2D eigenvalue weighted by Gasteiger charge is 2.71. The van der Waals surface area contributed by atoms with Crippen LogP contribution in [0.1, 0.15) is 0 Å². The topological polar surface area (TPSA) is 193 Å². The summed E-state index contributed by atoms with van der Waals surface area (Å²) in [6.07, 6.45) is 0. The van der Waals surface area contributed by atoms with E-state index < -0.39 is 34.0 Å². The van der Waals surface area contributed by atoms with Crippen molar-refractivity contribution in [2.75, 3.05) is 6.61 Å². The van der Waals surface area contributed by atoms with E-state index in [9.17, 15) is 13.7 Å². The van der Waals surface area contributed by atoms with Gasteiger partial charge >= 0.3 is 22.8 Å². The molecule has 0 spiro atoms. The Labute approximate surface area is 83.1 Å². The smallest absolute Gasteiger partial charge is 0.358 e. The summed E-state index contributed by atoms with van der Waals surface area (Å²) in [5.41, 5.74) is 0. The minimum Gasteiger partial charge on any atom is -0.394 e. The Morgan fingerprint density at radius 3 is 0.933 bits per heavy atom. The predicted octanol–water partition coefficient (Wildman–Crippen LogP) is -1.83. The molecule has 92 valence electrons. The zero-order valence-corrected chi connectivity index (χ0v) is 9.59. The van der Waals surface area contributed by atoms with E-state index in [1.165, 1.54) is 0 Å². The van der Waals surface area contributed by atoms with Crippen molar-refractivity contribution in [3.63, 3.8) is 0 Å². The van der Waals surface area contributed by atoms with Gasteiger partial charge < -0.3 is 34.5 Å². The average molecular weight is 286 g/mol. The molecule has 0 unspecified atom stereocenters. The van der Waals surface area contributed by atoms with Gasteiger partial charge in [0.1, 0.15) is 0 Å². The summed E-state index contributed by atoms with van der Waals surface area (Å²) in [7, 11) is -17.8. The Morgan fingerprint density at radius 2 is 0.933 bits per heavy atom. The molecule has 0 aromatic carbocycles. The molecular formula is C2H9O10P3. The fourth-order valence-electron chi connectivity index (χ4n) is 0.785. The molecule has 0 aliphatic carbocycles. The van der Waals surface area contributed by atoms with Crippen LogP contribution in [0, 0.1) is 0 Å². The second-order valence-electron chi connectivity index (χ2n) is 2.56. The normalized spacial score (nSPS) is 15.4. The van der Waals surface area contributed by atoms with Crippen LogP contribution in [0.4, 0.5) is 0 Å². The van der Waals surface area contributed by atoms with Crippen molar-refractivity contribution in [2.45, 2.75) is 4.64 Å². The van der Waals surface area contributed by atoms with Crippen molar-refractivity contribution in [3.05, 3.63) is 0 Å². The SMILES string of the molecule is O=P(O)(O)C(CO)(P(=O)(O)O)P(=O)(O)O. The van der Waals surface area contributed by atoms with Gasteiger partial charge in [0.05, 0.1) is 6.61 Å². The highest BCUT2D eigenvalue weighted by atomic mass is 31.3. The first-order valence-electron chi connectivity index (χ1n) is 3.09. The van der Waals surface area contributed by atoms with Crippen LogP contribution in [-0.2, 0) is 13.7 Å². The van der Waals surface area contributed by atoms with E-state index in [1.807, 2.05) is 0 Å². The van der Waals surface area contributed by atoms with E-state index in [0.717, 1.165) is 0 Å². The van der Waals surface area contributed by atoms with Gasteiger partial charge in [-0.25, -0.2) is 0 Å². The van der Waals surface area contributed by atoms with Crippen molar-refractivity contribution in [1.82, 2.24) is 0 Å². The van der Waals surface area contributed by atoms with Gasteiger partial charge in [-0.05, 0) is 0 Å². The maximum Gasteiger partial charge on any atom is 0.358 e. The molecule has 0 aromatic rings. The van der Waals surface area contributed by atoms with E-state index in [1.54, 1.807) is 0 Å². The fraction of sp³-hybridized carbons (Fsp3) is 1.00. The second-order valence-corrected chi connectivity index (χ2v) is 9.18. The maximum atomic E-state index is 10.7. The van der Waals surface area contributed by atoms with Crippen LogP contribution in [0.3, 0.4) is 0 Å². The molecule has 7 N–H and O–H groups in total. The molecule has 0 atom stereocenters. The number of hydrogen-bond donors (Lipinski definition) is 7. The lowest BCUT2D eigenvalue weighted by atomic mass is 10.8. The Hall–Kier alpha value is 0.410. The summed E-state index contributed by atoms with van der Waals surface area (Å²) in [5.74, 6) is 0. The molecular weight excluding hydrogens is 277 g/mol. The predicted molar refractivity (Wildman–Crippen MR) is 45.9 cm³/mol. The number of aliphatic hydroxyl groups excluding tert-OH is 1. The molecule has 0 radical (unpaired) electrons. The molecule has 13 heteroatoms. The third-order valence-electron chi connectivity index (χ3n) is 1.61. The number of rotatable bonds is 4. The maximum absolute atomic E-state index is 10.7. The minimum atomic E-state index is -5.93. The van der Waals surface area contributed by atoms with Crippen LogP contribution in [0.5, 0.6) is 0 Å². The molecule has 0 fully saturated rings. The Kier molecular flexibility index (Phi) is 4.12.